The van der Waals surface area contributed by atoms with Crippen molar-refractivity contribution < 1.29 is 17.9 Å². The molecular formula is C12H22O4S. The fraction of sp³-hybridized carbons (Fsp3) is 0.917. The molecule has 0 radical (unpaired) electrons. The van der Waals surface area contributed by atoms with E-state index in [4.69, 9.17) is 4.74 Å². The summed E-state index contributed by atoms with van der Waals surface area (Å²) in [5, 5.41) is 0. The maximum Gasteiger partial charge on any atom is 0.306 e. The second-order valence-corrected chi connectivity index (χ2v) is 7.14. The Morgan fingerprint density at radius 1 is 1.35 bits per heavy atom. The van der Waals surface area contributed by atoms with Crippen molar-refractivity contribution in [1.29, 1.82) is 0 Å². The largest absolute Gasteiger partial charge is 0.465 e. The van der Waals surface area contributed by atoms with Crippen molar-refractivity contribution in [2.24, 2.45) is 5.41 Å². The van der Waals surface area contributed by atoms with Crippen LogP contribution in [0, 0.1) is 5.41 Å². The van der Waals surface area contributed by atoms with Gasteiger partial charge in [-0.15, -0.1) is 0 Å². The molecular weight excluding hydrogens is 240 g/mol. The summed E-state index contributed by atoms with van der Waals surface area (Å²) in [7, 11) is -3.13. The molecule has 0 saturated carbocycles. The molecule has 0 aliphatic carbocycles. The van der Waals surface area contributed by atoms with Gasteiger partial charge in [0, 0.05) is 5.41 Å². The van der Waals surface area contributed by atoms with Gasteiger partial charge in [-0.3, -0.25) is 4.79 Å². The van der Waals surface area contributed by atoms with Crippen LogP contribution in [-0.2, 0) is 19.4 Å². The normalized spacial score (nSPS) is 29.2. The van der Waals surface area contributed by atoms with Gasteiger partial charge in [0.25, 0.3) is 0 Å². The third-order valence-electron chi connectivity index (χ3n) is 3.49. The van der Waals surface area contributed by atoms with Gasteiger partial charge in [0.05, 0.1) is 24.5 Å². The summed E-state index contributed by atoms with van der Waals surface area (Å²) in [6.07, 6.45) is 3.54. The van der Waals surface area contributed by atoms with Crippen molar-refractivity contribution in [3.05, 3.63) is 0 Å². The average Bonchev–Trinajstić information content (AvgIpc) is 2.29. The zero-order valence-electron chi connectivity index (χ0n) is 10.7. The lowest BCUT2D eigenvalue weighted by Crippen LogP contribution is -2.38. The number of hydrogen-bond acceptors (Lipinski definition) is 4. The maximum atomic E-state index is 11.9. The van der Waals surface area contributed by atoms with Gasteiger partial charge in [0.1, 0.15) is 0 Å². The summed E-state index contributed by atoms with van der Waals surface area (Å²) in [4.78, 5) is 11.3. The van der Waals surface area contributed by atoms with Gasteiger partial charge < -0.3 is 4.74 Å². The smallest absolute Gasteiger partial charge is 0.306 e. The monoisotopic (exact) mass is 262 g/mol. The van der Waals surface area contributed by atoms with E-state index in [0.717, 1.165) is 25.7 Å². The van der Waals surface area contributed by atoms with E-state index in [2.05, 4.69) is 6.92 Å². The molecule has 0 amide bonds. The Morgan fingerprint density at radius 2 is 2.06 bits per heavy atom. The lowest BCUT2D eigenvalue weighted by atomic mass is 9.83. The molecule has 1 rings (SSSR count). The molecule has 0 aromatic heterocycles. The second-order valence-electron chi connectivity index (χ2n) is 4.96. The molecule has 1 saturated heterocycles. The lowest BCUT2D eigenvalue weighted by Gasteiger charge is -2.33. The van der Waals surface area contributed by atoms with Crippen molar-refractivity contribution in [1.82, 2.24) is 0 Å². The first kappa shape index (κ1) is 14.5. The molecule has 0 aromatic carbocycles. The highest BCUT2D eigenvalue weighted by atomic mass is 32.2. The van der Waals surface area contributed by atoms with E-state index in [-0.39, 0.29) is 35.9 Å². The molecule has 1 aliphatic heterocycles. The van der Waals surface area contributed by atoms with E-state index in [0.29, 0.717) is 0 Å². The van der Waals surface area contributed by atoms with Crippen molar-refractivity contribution in [3.63, 3.8) is 0 Å². The van der Waals surface area contributed by atoms with Crippen LogP contribution in [0.25, 0.3) is 0 Å². The minimum atomic E-state index is -3.13. The Morgan fingerprint density at radius 3 is 2.65 bits per heavy atom. The molecule has 0 N–H and O–H groups in total. The number of carbonyl (C=O) groups excluding carboxylic acids is 1. The Bertz CT molecular complexity index is 361. The molecule has 0 spiro atoms. The van der Waals surface area contributed by atoms with Gasteiger partial charge in [0.15, 0.2) is 9.84 Å². The first-order valence-corrected chi connectivity index (χ1v) is 8.11. The standard InChI is InChI=1S/C12H22O4S/c1-3-5-7-12(4-2)9-16-11(13)6-8-17(14,15)10-12/h3-10H2,1-2H3. The van der Waals surface area contributed by atoms with Crippen LogP contribution in [0.1, 0.15) is 46.0 Å². The van der Waals surface area contributed by atoms with Crippen LogP contribution in [0.15, 0.2) is 0 Å². The number of sulfone groups is 1. The third-order valence-corrected chi connectivity index (χ3v) is 5.37. The van der Waals surface area contributed by atoms with Gasteiger partial charge in [-0.2, -0.15) is 0 Å². The van der Waals surface area contributed by atoms with Crippen LogP contribution in [0.2, 0.25) is 0 Å². The zero-order chi connectivity index (χ0) is 12.9. The Hall–Kier alpha value is -0.580. The number of unbranched alkanes of at least 4 members (excludes halogenated alkanes) is 1. The number of carbonyl (C=O) groups is 1. The van der Waals surface area contributed by atoms with E-state index >= 15 is 0 Å². The molecule has 0 bridgehead atoms. The number of ether oxygens (including phenoxy) is 1. The lowest BCUT2D eigenvalue weighted by molar-refractivity contribution is -0.147. The Kier molecular flexibility index (Phi) is 4.98. The van der Waals surface area contributed by atoms with Gasteiger partial charge in [-0.1, -0.05) is 26.7 Å². The topological polar surface area (TPSA) is 60.4 Å². The molecule has 17 heavy (non-hydrogen) atoms. The number of cyclic esters (lactones) is 1. The van der Waals surface area contributed by atoms with E-state index in [1.807, 2.05) is 6.92 Å². The average molecular weight is 262 g/mol. The first-order chi connectivity index (χ1) is 7.93. The summed E-state index contributed by atoms with van der Waals surface area (Å²) in [6.45, 7) is 4.30. The summed E-state index contributed by atoms with van der Waals surface area (Å²) in [5.74, 6) is -0.300. The SMILES string of the molecule is CCCCC1(CC)COC(=O)CCS(=O)(=O)C1. The highest BCUT2D eigenvalue weighted by Crippen LogP contribution is 2.32. The van der Waals surface area contributed by atoms with Gasteiger partial charge in [-0.25, -0.2) is 8.42 Å². The quantitative estimate of drug-likeness (QED) is 0.726. The first-order valence-electron chi connectivity index (χ1n) is 6.29. The van der Waals surface area contributed by atoms with E-state index in [1.54, 1.807) is 0 Å². The molecule has 0 aromatic rings. The fourth-order valence-corrected chi connectivity index (χ4v) is 4.19. The van der Waals surface area contributed by atoms with Gasteiger partial charge in [0.2, 0.25) is 0 Å². The van der Waals surface area contributed by atoms with Crippen molar-refractivity contribution in [3.8, 4) is 0 Å². The summed E-state index contributed by atoms with van der Waals surface area (Å²) >= 11 is 0. The van der Waals surface area contributed by atoms with Crippen molar-refractivity contribution in [2.75, 3.05) is 18.1 Å². The van der Waals surface area contributed by atoms with Crippen molar-refractivity contribution in [2.45, 2.75) is 46.0 Å². The molecule has 1 atom stereocenters. The Balaban J connectivity index is 2.87. The van der Waals surface area contributed by atoms with E-state index in [1.165, 1.54) is 0 Å². The molecule has 4 nitrogen and oxygen atoms in total. The number of hydrogen-bond donors (Lipinski definition) is 0. The predicted molar refractivity (Wildman–Crippen MR) is 66.5 cm³/mol. The number of rotatable bonds is 4. The zero-order valence-corrected chi connectivity index (χ0v) is 11.5. The molecule has 1 unspecified atom stereocenters. The highest BCUT2D eigenvalue weighted by molar-refractivity contribution is 7.91. The highest BCUT2D eigenvalue weighted by Gasteiger charge is 2.36. The van der Waals surface area contributed by atoms with Gasteiger partial charge >= 0.3 is 5.97 Å². The minimum absolute atomic E-state index is 0.00406. The molecule has 1 heterocycles. The molecule has 100 valence electrons. The van der Waals surface area contributed by atoms with Crippen LogP contribution in [0.3, 0.4) is 0 Å². The molecule has 1 fully saturated rings. The van der Waals surface area contributed by atoms with Crippen LogP contribution in [0.4, 0.5) is 0 Å². The second kappa shape index (κ2) is 5.85. The van der Waals surface area contributed by atoms with Crippen LogP contribution >= 0.6 is 0 Å². The maximum absolute atomic E-state index is 11.9. The Labute approximate surface area is 104 Å². The van der Waals surface area contributed by atoms with Crippen LogP contribution < -0.4 is 0 Å². The van der Waals surface area contributed by atoms with Crippen LogP contribution in [0.5, 0.6) is 0 Å². The van der Waals surface area contributed by atoms with E-state index in [9.17, 15) is 13.2 Å². The molecule has 5 heteroatoms. The summed E-state index contributed by atoms with van der Waals surface area (Å²) < 4.78 is 29.0. The predicted octanol–water partition coefficient (Wildman–Crippen LogP) is 1.93. The van der Waals surface area contributed by atoms with E-state index < -0.39 is 9.84 Å². The fourth-order valence-electron chi connectivity index (χ4n) is 2.20. The summed E-state index contributed by atoms with van der Waals surface area (Å²) in [5.41, 5.74) is -0.370. The third kappa shape index (κ3) is 4.30. The molecule has 1 aliphatic rings. The van der Waals surface area contributed by atoms with Crippen molar-refractivity contribution >= 4 is 15.8 Å². The minimum Gasteiger partial charge on any atom is -0.465 e. The van der Waals surface area contributed by atoms with Crippen LogP contribution in [-0.4, -0.2) is 32.5 Å². The van der Waals surface area contributed by atoms with Gasteiger partial charge in [-0.05, 0) is 12.8 Å². The number of esters is 1. The summed E-state index contributed by atoms with van der Waals surface area (Å²) in [6, 6.07) is 0.